The van der Waals surface area contributed by atoms with Gasteiger partial charge in [-0.25, -0.2) is 13.2 Å². The van der Waals surface area contributed by atoms with Gasteiger partial charge < -0.3 is 15.0 Å². The summed E-state index contributed by atoms with van der Waals surface area (Å²) in [6.45, 7) is 6.07. The maximum Gasteiger partial charge on any atom is 0.409 e. The van der Waals surface area contributed by atoms with Gasteiger partial charge in [-0.2, -0.15) is 0 Å². The van der Waals surface area contributed by atoms with E-state index in [4.69, 9.17) is 16.3 Å². The van der Waals surface area contributed by atoms with Gasteiger partial charge in [0.25, 0.3) is 10.0 Å². The van der Waals surface area contributed by atoms with Crippen molar-refractivity contribution < 1.29 is 22.7 Å². The number of sulfonamides is 1. The smallest absolute Gasteiger partial charge is 0.409 e. The predicted molar refractivity (Wildman–Crippen MR) is 142 cm³/mol. The number of carbonyl (C=O) groups excluding carboxylic acids is 2. The minimum atomic E-state index is -3.92. The Hall–Kier alpha value is -2.82. The highest BCUT2D eigenvalue weighted by atomic mass is 35.5. The van der Waals surface area contributed by atoms with Gasteiger partial charge in [-0.1, -0.05) is 29.8 Å². The lowest BCUT2D eigenvalue weighted by Gasteiger charge is -2.38. The molecule has 9 nitrogen and oxygen atoms in total. The molecule has 1 N–H and O–H groups in total. The second-order valence-corrected chi connectivity index (χ2v) is 11.9. The zero-order valence-corrected chi connectivity index (χ0v) is 22.7. The molecule has 0 aromatic heterocycles. The number of hydrogen-bond acceptors (Lipinski definition) is 6. The lowest BCUT2D eigenvalue weighted by atomic mass is 9.98. The average molecular weight is 549 g/mol. The first kappa shape index (κ1) is 27.2. The van der Waals surface area contributed by atoms with Crippen LogP contribution < -0.4 is 9.62 Å². The van der Waals surface area contributed by atoms with E-state index in [2.05, 4.69) is 5.32 Å². The van der Waals surface area contributed by atoms with Crippen LogP contribution in [0.2, 0.25) is 5.02 Å². The Morgan fingerprint density at radius 3 is 2.41 bits per heavy atom. The molecule has 0 bridgehead atoms. The van der Waals surface area contributed by atoms with Gasteiger partial charge >= 0.3 is 6.09 Å². The molecule has 1 atom stereocenters. The Morgan fingerprint density at radius 1 is 1.05 bits per heavy atom. The van der Waals surface area contributed by atoms with Gasteiger partial charge in [0, 0.05) is 37.2 Å². The predicted octanol–water partition coefficient (Wildman–Crippen LogP) is 3.13. The third-order valence-electron chi connectivity index (χ3n) is 6.52. The molecule has 0 aliphatic carbocycles. The maximum absolute atomic E-state index is 13.7. The molecular formula is C26H33ClN4O5S. The number of nitrogens with one attached hydrogen (secondary N) is 1. The molecule has 2 heterocycles. The molecule has 2 aliphatic heterocycles. The van der Waals surface area contributed by atoms with Gasteiger partial charge in [-0.3, -0.25) is 14.0 Å². The Labute approximate surface area is 223 Å². The van der Waals surface area contributed by atoms with Crippen molar-refractivity contribution in [3.8, 4) is 0 Å². The fourth-order valence-corrected chi connectivity index (χ4v) is 6.52. The molecule has 2 aliphatic rings. The van der Waals surface area contributed by atoms with Crippen LogP contribution in [0.3, 0.4) is 0 Å². The minimum Gasteiger partial charge on any atom is -0.447 e. The van der Waals surface area contributed by atoms with Crippen LogP contribution in [0.4, 0.5) is 10.5 Å². The lowest BCUT2D eigenvalue weighted by Crippen LogP contribution is -2.52. The summed E-state index contributed by atoms with van der Waals surface area (Å²) in [6.07, 6.45) is 0.729. The highest BCUT2D eigenvalue weighted by molar-refractivity contribution is 7.92. The van der Waals surface area contributed by atoms with Crippen LogP contribution in [0.15, 0.2) is 53.4 Å². The molecule has 2 aromatic rings. The molecule has 2 aromatic carbocycles. The number of amides is 2. The average Bonchev–Trinajstić information content (AvgIpc) is 2.87. The SMILES string of the molecule is CC(C)NC(=O)CN1CCN(C(=O)OCC2CCc3ccccc3N2S(=O)(=O)c2ccc(Cl)cc2)CC1. The lowest BCUT2D eigenvalue weighted by molar-refractivity contribution is -0.123. The van der Waals surface area contributed by atoms with Crippen molar-refractivity contribution >= 4 is 39.3 Å². The van der Waals surface area contributed by atoms with Crippen LogP contribution in [0.25, 0.3) is 0 Å². The molecule has 1 unspecified atom stereocenters. The summed E-state index contributed by atoms with van der Waals surface area (Å²) in [4.78, 5) is 28.6. The molecule has 1 saturated heterocycles. The number of halogens is 1. The molecule has 11 heteroatoms. The highest BCUT2D eigenvalue weighted by Gasteiger charge is 2.37. The first-order valence-electron chi connectivity index (χ1n) is 12.5. The monoisotopic (exact) mass is 548 g/mol. The molecular weight excluding hydrogens is 516 g/mol. The van der Waals surface area contributed by atoms with Crippen LogP contribution in [0.1, 0.15) is 25.8 Å². The number of fused-ring (bicyclic) bond motifs is 1. The maximum atomic E-state index is 13.7. The quantitative estimate of drug-likeness (QED) is 0.571. The van der Waals surface area contributed by atoms with Crippen molar-refractivity contribution in [3.05, 3.63) is 59.1 Å². The van der Waals surface area contributed by atoms with E-state index in [-0.39, 0.29) is 23.5 Å². The third-order valence-corrected chi connectivity index (χ3v) is 8.66. The van der Waals surface area contributed by atoms with E-state index in [0.29, 0.717) is 56.3 Å². The number of para-hydroxylation sites is 1. The topological polar surface area (TPSA) is 99.3 Å². The standard InChI is InChI=1S/C26H33ClN4O5S/c1-19(2)28-25(32)17-29-13-15-30(16-14-29)26(33)36-18-22-10-7-20-5-3-4-6-24(20)31(22)37(34,35)23-11-8-21(27)9-12-23/h3-6,8-9,11-12,19,22H,7,10,13-18H2,1-2H3,(H,28,32). The van der Waals surface area contributed by atoms with Crippen molar-refractivity contribution in [1.82, 2.24) is 15.1 Å². The number of hydrogen-bond donors (Lipinski definition) is 1. The van der Waals surface area contributed by atoms with Crippen molar-refractivity contribution in [2.24, 2.45) is 0 Å². The summed E-state index contributed by atoms with van der Waals surface area (Å²) in [6, 6.07) is 13.0. The summed E-state index contributed by atoms with van der Waals surface area (Å²) in [7, 11) is -3.92. The minimum absolute atomic E-state index is 0.0365. The summed E-state index contributed by atoms with van der Waals surface area (Å²) in [5, 5.41) is 3.32. The molecule has 1 fully saturated rings. The van der Waals surface area contributed by atoms with E-state index in [9.17, 15) is 18.0 Å². The number of rotatable bonds is 7. The van der Waals surface area contributed by atoms with E-state index in [1.807, 2.05) is 30.9 Å². The fourth-order valence-electron chi connectivity index (χ4n) is 4.69. The molecule has 0 saturated carbocycles. The molecule has 0 spiro atoms. The van der Waals surface area contributed by atoms with E-state index in [1.54, 1.807) is 29.2 Å². The Bertz CT molecular complexity index is 1210. The van der Waals surface area contributed by atoms with Crippen LogP contribution in [-0.4, -0.2) is 81.6 Å². The molecule has 4 rings (SSSR count). The third kappa shape index (κ3) is 6.55. The van der Waals surface area contributed by atoms with Gasteiger partial charge in [-0.15, -0.1) is 0 Å². The zero-order valence-electron chi connectivity index (χ0n) is 21.1. The Kier molecular flexibility index (Phi) is 8.61. The zero-order chi connectivity index (χ0) is 26.6. The van der Waals surface area contributed by atoms with Crippen LogP contribution in [0, 0.1) is 0 Å². The van der Waals surface area contributed by atoms with Crippen molar-refractivity contribution in [3.63, 3.8) is 0 Å². The fraction of sp³-hybridized carbons (Fsp3) is 0.462. The second-order valence-electron chi connectivity index (χ2n) is 9.64. The number of ether oxygens (including phenoxy) is 1. The highest BCUT2D eigenvalue weighted by Crippen LogP contribution is 2.35. The number of carbonyl (C=O) groups is 2. The second kappa shape index (κ2) is 11.7. The number of aryl methyl sites for hydroxylation is 1. The first-order chi connectivity index (χ1) is 17.6. The molecule has 2 amide bonds. The van der Waals surface area contributed by atoms with Crippen LogP contribution >= 0.6 is 11.6 Å². The van der Waals surface area contributed by atoms with Gasteiger partial charge in [0.2, 0.25) is 5.91 Å². The number of anilines is 1. The van der Waals surface area contributed by atoms with Crippen molar-refractivity contribution in [1.29, 1.82) is 0 Å². The molecule has 37 heavy (non-hydrogen) atoms. The van der Waals surface area contributed by atoms with E-state index in [0.717, 1.165) is 5.56 Å². The van der Waals surface area contributed by atoms with Gasteiger partial charge in [0.05, 0.1) is 23.2 Å². The normalized spacial score (nSPS) is 18.4. The number of piperazine rings is 1. The van der Waals surface area contributed by atoms with Crippen molar-refractivity contribution in [2.45, 2.75) is 43.7 Å². The molecule has 200 valence electrons. The summed E-state index contributed by atoms with van der Waals surface area (Å²) >= 11 is 5.98. The largest absolute Gasteiger partial charge is 0.447 e. The molecule has 0 radical (unpaired) electrons. The summed E-state index contributed by atoms with van der Waals surface area (Å²) in [5.74, 6) is -0.0365. The van der Waals surface area contributed by atoms with E-state index >= 15 is 0 Å². The first-order valence-corrected chi connectivity index (χ1v) is 14.3. The number of nitrogens with zero attached hydrogens (tertiary/aromatic N) is 3. The van der Waals surface area contributed by atoms with Crippen LogP contribution in [0.5, 0.6) is 0 Å². The van der Waals surface area contributed by atoms with E-state index < -0.39 is 22.2 Å². The summed E-state index contributed by atoms with van der Waals surface area (Å²) in [5.41, 5.74) is 1.53. The van der Waals surface area contributed by atoms with E-state index in [1.165, 1.54) is 16.4 Å². The Morgan fingerprint density at radius 2 is 1.73 bits per heavy atom. The van der Waals surface area contributed by atoms with Gasteiger partial charge in [0.1, 0.15) is 6.61 Å². The summed E-state index contributed by atoms with van der Waals surface area (Å²) < 4.78 is 34.4. The van der Waals surface area contributed by atoms with Gasteiger partial charge in [0.15, 0.2) is 0 Å². The van der Waals surface area contributed by atoms with Crippen LogP contribution in [-0.2, 0) is 26.0 Å². The Balaban J connectivity index is 1.41. The van der Waals surface area contributed by atoms with Crippen molar-refractivity contribution in [2.75, 3.05) is 43.6 Å². The number of benzene rings is 2. The van der Waals surface area contributed by atoms with Gasteiger partial charge in [-0.05, 0) is 62.6 Å².